The fourth-order valence-electron chi connectivity index (χ4n) is 8.79. The SMILES string of the molecule is O[C@H]1O[C@H](CO[C@H]2O[C@H](COC(c3ccccc3)(c3ccccc3)c3ccccc3)[C@@H](OCc3ccccc3)[C@@H]2OCc2ccccc2)[C@@H](OCc2ccccc2)[C@@H]1OCc1ccccc1. The third-order valence-corrected chi connectivity index (χ3v) is 12.1. The summed E-state index contributed by atoms with van der Waals surface area (Å²) in [5.41, 5.74) is 5.83. The monoisotopic (exact) mass is 884 g/mol. The molecule has 0 bridgehead atoms. The predicted molar refractivity (Wildman–Crippen MR) is 251 cm³/mol. The van der Waals surface area contributed by atoms with Crippen LogP contribution in [0.5, 0.6) is 0 Å². The maximum atomic E-state index is 11.4. The van der Waals surface area contributed by atoms with Crippen molar-refractivity contribution < 1.29 is 43.0 Å². The van der Waals surface area contributed by atoms with Crippen LogP contribution in [0.4, 0.5) is 0 Å². The van der Waals surface area contributed by atoms with E-state index in [4.69, 9.17) is 37.9 Å². The Morgan fingerprint density at radius 2 is 0.667 bits per heavy atom. The molecule has 338 valence electrons. The minimum absolute atomic E-state index is 0.00145. The van der Waals surface area contributed by atoms with E-state index in [1.165, 1.54) is 0 Å². The van der Waals surface area contributed by atoms with E-state index >= 15 is 0 Å². The molecule has 0 spiro atoms. The lowest BCUT2D eigenvalue weighted by Crippen LogP contribution is -2.43. The topological polar surface area (TPSA) is 94.1 Å². The van der Waals surface area contributed by atoms with Crippen molar-refractivity contribution in [2.45, 2.75) is 81.2 Å². The first-order valence-corrected chi connectivity index (χ1v) is 22.7. The largest absolute Gasteiger partial charge is 0.368 e. The van der Waals surface area contributed by atoms with Gasteiger partial charge in [-0.1, -0.05) is 212 Å². The molecule has 0 amide bonds. The minimum atomic E-state index is -1.26. The van der Waals surface area contributed by atoms with Gasteiger partial charge in [-0.3, -0.25) is 0 Å². The quantitative estimate of drug-likeness (QED) is 0.0709. The summed E-state index contributed by atoms with van der Waals surface area (Å²) in [5, 5.41) is 11.4. The second-order valence-corrected chi connectivity index (χ2v) is 16.6. The Hall–Kier alpha value is -5.82. The van der Waals surface area contributed by atoms with Gasteiger partial charge in [-0.2, -0.15) is 0 Å². The Bertz CT molecular complexity index is 2350. The van der Waals surface area contributed by atoms with Gasteiger partial charge in [-0.05, 0) is 38.9 Å². The highest BCUT2D eigenvalue weighted by molar-refractivity contribution is 5.47. The van der Waals surface area contributed by atoms with Crippen LogP contribution in [0, 0.1) is 0 Å². The van der Waals surface area contributed by atoms with Gasteiger partial charge in [0.2, 0.25) is 0 Å². The van der Waals surface area contributed by atoms with Crippen molar-refractivity contribution in [3.05, 3.63) is 251 Å². The third-order valence-electron chi connectivity index (χ3n) is 12.1. The van der Waals surface area contributed by atoms with Gasteiger partial charge < -0.3 is 43.0 Å². The molecule has 0 saturated carbocycles. The van der Waals surface area contributed by atoms with Crippen molar-refractivity contribution in [2.75, 3.05) is 13.2 Å². The van der Waals surface area contributed by atoms with E-state index in [-0.39, 0.29) is 33.0 Å². The summed E-state index contributed by atoms with van der Waals surface area (Å²) in [6, 6.07) is 70.6. The zero-order chi connectivity index (χ0) is 44.8. The Morgan fingerprint density at radius 1 is 0.348 bits per heavy atom. The first-order valence-electron chi connectivity index (χ1n) is 22.7. The Morgan fingerprint density at radius 3 is 1.06 bits per heavy atom. The second-order valence-electron chi connectivity index (χ2n) is 16.6. The Balaban J connectivity index is 1.02. The molecule has 0 radical (unpaired) electrons. The first kappa shape index (κ1) is 45.3. The molecule has 1 N–H and O–H groups in total. The normalized spacial score (nSPS) is 22.9. The standard InChI is InChI=1S/C57H56O9/c58-55-53(61-38-44-26-12-3-13-27-44)51(59-36-42-22-8-1-9-23-42)49(65-55)40-63-56-54(62-39-45-28-14-4-15-29-45)52(60-37-43-24-10-2-11-25-43)50(66-56)41-64-57(46-30-16-5-17-31-46,47-32-18-6-19-33-47)48-34-20-7-21-35-48/h1-35,49-56,58H,36-41H2/t49-,50-,51-,52-,53+,54+,55+,56+/m1/s1. The zero-order valence-electron chi connectivity index (χ0n) is 36.8. The molecule has 2 heterocycles. The molecule has 7 aromatic rings. The van der Waals surface area contributed by atoms with Crippen LogP contribution in [-0.4, -0.2) is 67.5 Å². The number of benzene rings is 7. The van der Waals surface area contributed by atoms with Crippen molar-refractivity contribution in [2.24, 2.45) is 0 Å². The van der Waals surface area contributed by atoms with Crippen molar-refractivity contribution in [1.29, 1.82) is 0 Å². The van der Waals surface area contributed by atoms with E-state index in [1.54, 1.807) is 0 Å². The van der Waals surface area contributed by atoms with Gasteiger partial charge in [0.05, 0.1) is 39.6 Å². The van der Waals surface area contributed by atoms with Crippen molar-refractivity contribution in [1.82, 2.24) is 0 Å². The molecule has 0 unspecified atom stereocenters. The van der Waals surface area contributed by atoms with E-state index < -0.39 is 54.8 Å². The molecule has 8 atom stereocenters. The Labute approximate surface area is 387 Å². The van der Waals surface area contributed by atoms with E-state index in [0.29, 0.717) is 6.61 Å². The van der Waals surface area contributed by atoms with Gasteiger partial charge in [0.25, 0.3) is 0 Å². The van der Waals surface area contributed by atoms with Crippen LogP contribution >= 0.6 is 0 Å². The van der Waals surface area contributed by atoms with E-state index in [2.05, 4.69) is 36.4 Å². The number of hydrogen-bond donors (Lipinski definition) is 1. The minimum Gasteiger partial charge on any atom is -0.368 e. The van der Waals surface area contributed by atoms with Crippen molar-refractivity contribution >= 4 is 0 Å². The van der Waals surface area contributed by atoms with Gasteiger partial charge >= 0.3 is 0 Å². The zero-order valence-corrected chi connectivity index (χ0v) is 36.8. The predicted octanol–water partition coefficient (Wildman–Crippen LogP) is 9.80. The molecule has 9 nitrogen and oxygen atoms in total. The summed E-state index contributed by atoms with van der Waals surface area (Å²) in [5.74, 6) is 0. The van der Waals surface area contributed by atoms with Crippen LogP contribution in [0.1, 0.15) is 38.9 Å². The lowest BCUT2D eigenvalue weighted by Gasteiger charge is -2.37. The second kappa shape index (κ2) is 22.6. The molecular formula is C57H56O9. The number of ether oxygens (including phenoxy) is 8. The highest BCUT2D eigenvalue weighted by Crippen LogP contribution is 2.42. The average molecular weight is 885 g/mol. The smallest absolute Gasteiger partial charge is 0.187 e. The lowest BCUT2D eigenvalue weighted by molar-refractivity contribution is -0.211. The maximum absolute atomic E-state index is 11.4. The van der Waals surface area contributed by atoms with Crippen LogP contribution in [0.2, 0.25) is 0 Å². The summed E-state index contributed by atoms with van der Waals surface area (Å²) < 4.78 is 53.9. The fraction of sp³-hybridized carbons (Fsp3) is 0.263. The molecule has 2 fully saturated rings. The van der Waals surface area contributed by atoms with Gasteiger partial charge in [0, 0.05) is 0 Å². The number of hydrogen-bond acceptors (Lipinski definition) is 9. The van der Waals surface area contributed by atoms with Crippen molar-refractivity contribution in [3.63, 3.8) is 0 Å². The van der Waals surface area contributed by atoms with Gasteiger partial charge in [-0.25, -0.2) is 0 Å². The molecular weight excluding hydrogens is 829 g/mol. The van der Waals surface area contributed by atoms with Crippen LogP contribution in [-0.2, 0) is 69.9 Å². The molecule has 9 heteroatoms. The van der Waals surface area contributed by atoms with Gasteiger partial charge in [-0.15, -0.1) is 0 Å². The van der Waals surface area contributed by atoms with E-state index in [9.17, 15) is 5.11 Å². The fourth-order valence-corrected chi connectivity index (χ4v) is 8.79. The molecule has 2 saturated heterocycles. The highest BCUT2D eigenvalue weighted by atomic mass is 16.7. The van der Waals surface area contributed by atoms with E-state index in [1.807, 2.05) is 176 Å². The number of aliphatic hydroxyl groups excluding tert-OH is 1. The number of aliphatic hydroxyl groups is 1. The summed E-state index contributed by atoms with van der Waals surface area (Å²) in [6.07, 6.45) is -6.38. The number of rotatable bonds is 21. The van der Waals surface area contributed by atoms with Crippen molar-refractivity contribution in [3.8, 4) is 0 Å². The molecule has 7 aromatic carbocycles. The molecule has 0 aromatic heterocycles. The summed E-state index contributed by atoms with van der Waals surface area (Å²) in [4.78, 5) is 0. The molecule has 66 heavy (non-hydrogen) atoms. The Kier molecular flexibility index (Phi) is 15.5. The van der Waals surface area contributed by atoms with Gasteiger partial charge in [0.1, 0.15) is 42.2 Å². The van der Waals surface area contributed by atoms with Crippen LogP contribution < -0.4 is 0 Å². The summed E-state index contributed by atoms with van der Waals surface area (Å²) in [6.45, 7) is 1.25. The average Bonchev–Trinajstić information content (AvgIpc) is 3.89. The summed E-state index contributed by atoms with van der Waals surface area (Å²) >= 11 is 0. The third kappa shape index (κ3) is 11.1. The lowest BCUT2D eigenvalue weighted by atomic mass is 9.80. The maximum Gasteiger partial charge on any atom is 0.187 e. The van der Waals surface area contributed by atoms with E-state index in [0.717, 1.165) is 38.9 Å². The molecule has 2 aliphatic heterocycles. The molecule has 0 aliphatic carbocycles. The molecule has 9 rings (SSSR count). The first-order chi connectivity index (χ1) is 32.6. The van der Waals surface area contributed by atoms with Gasteiger partial charge in [0.15, 0.2) is 12.6 Å². The van der Waals surface area contributed by atoms with Crippen LogP contribution in [0.3, 0.4) is 0 Å². The van der Waals surface area contributed by atoms with Crippen LogP contribution in [0.25, 0.3) is 0 Å². The molecule has 2 aliphatic rings. The highest BCUT2D eigenvalue weighted by Gasteiger charge is 2.51. The van der Waals surface area contributed by atoms with Crippen LogP contribution in [0.15, 0.2) is 212 Å². The summed E-state index contributed by atoms with van der Waals surface area (Å²) in [7, 11) is 0.